The van der Waals surface area contributed by atoms with Gasteiger partial charge < -0.3 is 4.57 Å². The zero-order valence-corrected chi connectivity index (χ0v) is 16.5. The first-order chi connectivity index (χ1) is 12.4. The minimum atomic E-state index is -0.528. The van der Waals surface area contributed by atoms with Crippen LogP contribution >= 0.6 is 23.4 Å². The van der Waals surface area contributed by atoms with Crippen LogP contribution in [0.25, 0.3) is 11.4 Å². The van der Waals surface area contributed by atoms with Crippen LogP contribution in [0.15, 0.2) is 53.7 Å². The molecule has 132 valence electrons. The number of nitriles is 1. The SMILES string of the molecule is Cn1c(SCc2ccccc2C(C)(C)C#N)nnc1-c1ccccc1Cl. The van der Waals surface area contributed by atoms with E-state index in [4.69, 9.17) is 11.6 Å². The van der Waals surface area contributed by atoms with Crippen molar-refractivity contribution < 1.29 is 0 Å². The number of nitrogens with zero attached hydrogens (tertiary/aromatic N) is 4. The number of thioether (sulfide) groups is 1. The van der Waals surface area contributed by atoms with Crippen LogP contribution in [-0.4, -0.2) is 14.8 Å². The molecule has 1 heterocycles. The summed E-state index contributed by atoms with van der Waals surface area (Å²) in [5.74, 6) is 1.46. The van der Waals surface area contributed by atoms with Gasteiger partial charge in [0, 0.05) is 18.4 Å². The quantitative estimate of drug-likeness (QED) is 0.567. The number of halogens is 1. The summed E-state index contributed by atoms with van der Waals surface area (Å²) in [7, 11) is 1.94. The van der Waals surface area contributed by atoms with Crippen molar-refractivity contribution in [2.75, 3.05) is 0 Å². The Balaban J connectivity index is 1.85. The molecule has 26 heavy (non-hydrogen) atoms. The largest absolute Gasteiger partial charge is 0.305 e. The number of benzene rings is 2. The first kappa shape index (κ1) is 18.5. The van der Waals surface area contributed by atoms with Gasteiger partial charge in [-0.2, -0.15) is 5.26 Å². The van der Waals surface area contributed by atoms with Gasteiger partial charge in [0.15, 0.2) is 11.0 Å². The fraction of sp³-hybridized carbons (Fsp3) is 0.250. The molecular formula is C20H19ClN4S. The third kappa shape index (κ3) is 3.62. The van der Waals surface area contributed by atoms with Crippen molar-refractivity contribution in [3.05, 3.63) is 64.7 Å². The first-order valence-electron chi connectivity index (χ1n) is 8.21. The normalized spacial score (nSPS) is 11.3. The smallest absolute Gasteiger partial charge is 0.191 e. The van der Waals surface area contributed by atoms with Crippen LogP contribution in [0, 0.1) is 11.3 Å². The van der Waals surface area contributed by atoms with Crippen molar-refractivity contribution >= 4 is 23.4 Å². The first-order valence-corrected chi connectivity index (χ1v) is 9.57. The van der Waals surface area contributed by atoms with Gasteiger partial charge in [-0.25, -0.2) is 0 Å². The molecule has 6 heteroatoms. The Kier molecular flexibility index (Phi) is 5.36. The van der Waals surface area contributed by atoms with E-state index in [0.29, 0.717) is 5.02 Å². The van der Waals surface area contributed by atoms with Gasteiger partial charge in [-0.05, 0) is 37.1 Å². The second-order valence-corrected chi connectivity index (χ2v) is 7.88. The van der Waals surface area contributed by atoms with E-state index in [1.165, 1.54) is 0 Å². The third-order valence-corrected chi connectivity index (χ3v) is 5.68. The lowest BCUT2D eigenvalue weighted by Gasteiger charge is -2.19. The summed E-state index contributed by atoms with van der Waals surface area (Å²) >= 11 is 7.88. The fourth-order valence-electron chi connectivity index (χ4n) is 2.78. The molecule has 1 aromatic heterocycles. The van der Waals surface area contributed by atoms with Gasteiger partial charge >= 0.3 is 0 Å². The molecule has 0 fully saturated rings. The molecule has 0 spiro atoms. The minimum Gasteiger partial charge on any atom is -0.305 e. The number of aromatic nitrogens is 3. The van der Waals surface area contributed by atoms with Gasteiger partial charge in [0.2, 0.25) is 0 Å². The van der Waals surface area contributed by atoms with Crippen LogP contribution in [0.2, 0.25) is 5.02 Å². The van der Waals surface area contributed by atoms with E-state index in [1.54, 1.807) is 11.8 Å². The van der Waals surface area contributed by atoms with Gasteiger partial charge in [-0.3, -0.25) is 0 Å². The van der Waals surface area contributed by atoms with Gasteiger partial charge in [-0.1, -0.05) is 59.8 Å². The van der Waals surface area contributed by atoms with E-state index in [1.807, 2.05) is 67.9 Å². The standard InChI is InChI=1S/C20H19ClN4S/c1-20(2,13-22)16-10-6-4-8-14(16)12-26-19-24-23-18(25(19)3)15-9-5-7-11-17(15)21/h4-11H,12H2,1-3H3. The Morgan fingerprint density at radius 1 is 1.12 bits per heavy atom. The zero-order valence-electron chi connectivity index (χ0n) is 14.9. The van der Waals surface area contributed by atoms with Crippen LogP contribution in [0.3, 0.4) is 0 Å². The fourth-order valence-corrected chi connectivity index (χ4v) is 3.91. The summed E-state index contributed by atoms with van der Waals surface area (Å²) in [6.45, 7) is 3.88. The average Bonchev–Trinajstić information content (AvgIpc) is 3.01. The molecule has 3 rings (SSSR count). The molecule has 0 aliphatic heterocycles. The predicted molar refractivity (Wildman–Crippen MR) is 106 cm³/mol. The second-order valence-electron chi connectivity index (χ2n) is 6.53. The molecule has 0 saturated carbocycles. The van der Waals surface area contributed by atoms with E-state index in [9.17, 15) is 5.26 Å². The maximum Gasteiger partial charge on any atom is 0.191 e. The van der Waals surface area contributed by atoms with Gasteiger partial charge in [-0.15, -0.1) is 10.2 Å². The molecular weight excluding hydrogens is 364 g/mol. The van der Waals surface area contributed by atoms with E-state index >= 15 is 0 Å². The molecule has 2 aromatic carbocycles. The van der Waals surface area contributed by atoms with E-state index in [0.717, 1.165) is 33.4 Å². The summed E-state index contributed by atoms with van der Waals surface area (Å²) in [5, 5.41) is 19.5. The van der Waals surface area contributed by atoms with Crippen LogP contribution in [-0.2, 0) is 18.2 Å². The van der Waals surface area contributed by atoms with Gasteiger partial charge in [0.1, 0.15) is 0 Å². The lowest BCUT2D eigenvalue weighted by Crippen LogP contribution is -2.16. The molecule has 0 atom stereocenters. The Bertz CT molecular complexity index is 972. The second kappa shape index (κ2) is 7.53. The molecule has 0 aliphatic carbocycles. The maximum absolute atomic E-state index is 9.46. The van der Waals surface area contributed by atoms with Crippen molar-refractivity contribution in [2.45, 2.75) is 30.2 Å². The Hall–Kier alpha value is -2.29. The highest BCUT2D eigenvalue weighted by molar-refractivity contribution is 7.98. The molecule has 0 amide bonds. The lowest BCUT2D eigenvalue weighted by atomic mass is 9.84. The van der Waals surface area contributed by atoms with Crippen LogP contribution < -0.4 is 0 Å². The summed E-state index contributed by atoms with van der Waals surface area (Å²) in [6, 6.07) is 18.0. The van der Waals surface area contributed by atoms with Crippen LogP contribution in [0.4, 0.5) is 0 Å². The monoisotopic (exact) mass is 382 g/mol. The summed E-state index contributed by atoms with van der Waals surface area (Å²) in [4.78, 5) is 0. The highest BCUT2D eigenvalue weighted by Crippen LogP contribution is 2.32. The molecule has 3 aromatic rings. The molecule has 0 aliphatic rings. The third-order valence-electron chi connectivity index (χ3n) is 4.28. The Labute approximate surface area is 162 Å². The van der Waals surface area contributed by atoms with Gasteiger partial charge in [0.25, 0.3) is 0 Å². The average molecular weight is 383 g/mol. The van der Waals surface area contributed by atoms with Gasteiger partial charge in [0.05, 0.1) is 16.5 Å². The number of hydrogen-bond acceptors (Lipinski definition) is 4. The van der Waals surface area contributed by atoms with Crippen molar-refractivity contribution in [3.8, 4) is 17.5 Å². The molecule has 0 saturated heterocycles. The predicted octanol–water partition coefficient (Wildman–Crippen LogP) is 5.23. The van der Waals surface area contributed by atoms with E-state index in [-0.39, 0.29) is 0 Å². The van der Waals surface area contributed by atoms with E-state index < -0.39 is 5.41 Å². The lowest BCUT2D eigenvalue weighted by molar-refractivity contribution is 0.680. The highest BCUT2D eigenvalue weighted by Gasteiger charge is 2.23. The van der Waals surface area contributed by atoms with Crippen LogP contribution in [0.1, 0.15) is 25.0 Å². The van der Waals surface area contributed by atoms with Crippen LogP contribution in [0.5, 0.6) is 0 Å². The molecule has 0 unspecified atom stereocenters. The summed E-state index contributed by atoms with van der Waals surface area (Å²) < 4.78 is 1.95. The van der Waals surface area contributed by atoms with Crippen molar-refractivity contribution in [1.29, 1.82) is 5.26 Å². The summed E-state index contributed by atoms with van der Waals surface area (Å²) in [5.41, 5.74) is 2.51. The Morgan fingerprint density at radius 2 is 1.81 bits per heavy atom. The minimum absolute atomic E-state index is 0.528. The molecule has 0 radical (unpaired) electrons. The van der Waals surface area contributed by atoms with E-state index in [2.05, 4.69) is 22.3 Å². The Morgan fingerprint density at radius 3 is 2.54 bits per heavy atom. The van der Waals surface area contributed by atoms with Crippen molar-refractivity contribution in [2.24, 2.45) is 7.05 Å². The summed E-state index contributed by atoms with van der Waals surface area (Å²) in [6.07, 6.45) is 0. The topological polar surface area (TPSA) is 54.5 Å². The molecule has 0 bridgehead atoms. The molecule has 4 nitrogen and oxygen atoms in total. The van der Waals surface area contributed by atoms with Crippen molar-refractivity contribution in [1.82, 2.24) is 14.8 Å². The maximum atomic E-state index is 9.46. The number of rotatable bonds is 5. The van der Waals surface area contributed by atoms with Crippen molar-refractivity contribution in [3.63, 3.8) is 0 Å². The number of hydrogen-bond donors (Lipinski definition) is 0. The molecule has 0 N–H and O–H groups in total. The zero-order chi connectivity index (χ0) is 18.7. The highest BCUT2D eigenvalue weighted by atomic mass is 35.5.